The fourth-order valence-electron chi connectivity index (χ4n) is 1.77. The van der Waals surface area contributed by atoms with Crippen LogP contribution < -0.4 is 5.32 Å². The lowest BCUT2D eigenvalue weighted by molar-refractivity contribution is -0.118. The average molecular weight is 336 g/mol. The molecule has 1 heterocycles. The van der Waals surface area contributed by atoms with Crippen LogP contribution in [0.5, 0.6) is 0 Å². The number of sulfone groups is 1. The summed E-state index contributed by atoms with van der Waals surface area (Å²) >= 11 is 1.21. The van der Waals surface area contributed by atoms with Gasteiger partial charge in [0.2, 0.25) is 5.91 Å². The van der Waals surface area contributed by atoms with Gasteiger partial charge in [-0.05, 0) is 23.8 Å². The van der Waals surface area contributed by atoms with Crippen molar-refractivity contribution >= 4 is 27.5 Å². The molecule has 0 unspecified atom stereocenters. The van der Waals surface area contributed by atoms with E-state index in [4.69, 9.17) is 0 Å². The number of benzene rings is 1. The Kier molecular flexibility index (Phi) is 5.57. The maximum Gasteiger partial charge on any atom is 0.230 e. The number of carbonyl (C=O) groups is 1. The first-order valence-corrected chi connectivity index (χ1v) is 9.42. The Morgan fingerprint density at radius 2 is 2.00 bits per heavy atom. The van der Waals surface area contributed by atoms with Crippen LogP contribution in [0, 0.1) is 0 Å². The fraction of sp³-hybridized carbons (Fsp3) is 0.200. The van der Waals surface area contributed by atoms with Crippen molar-refractivity contribution in [2.45, 2.75) is 16.3 Å². The lowest BCUT2D eigenvalue weighted by Gasteiger charge is -2.08. The summed E-state index contributed by atoms with van der Waals surface area (Å²) in [6.45, 7) is 0.404. The summed E-state index contributed by atoms with van der Waals surface area (Å²) in [5, 5.41) is 2.78. The molecule has 0 aliphatic carbocycles. The van der Waals surface area contributed by atoms with E-state index in [0.717, 1.165) is 11.8 Å². The minimum Gasteiger partial charge on any atom is -0.351 e. The summed E-state index contributed by atoms with van der Waals surface area (Å²) in [6, 6.07) is 10.4. The monoisotopic (exact) mass is 336 g/mol. The van der Waals surface area contributed by atoms with Gasteiger partial charge < -0.3 is 5.32 Å². The molecule has 1 aromatic heterocycles. The molecule has 2 rings (SSSR count). The van der Waals surface area contributed by atoms with Gasteiger partial charge in [0, 0.05) is 30.1 Å². The molecule has 7 heteroatoms. The van der Waals surface area contributed by atoms with Crippen LogP contribution in [-0.4, -0.2) is 31.3 Å². The van der Waals surface area contributed by atoms with Gasteiger partial charge in [0.05, 0.1) is 10.6 Å². The van der Waals surface area contributed by atoms with Gasteiger partial charge >= 0.3 is 0 Å². The van der Waals surface area contributed by atoms with E-state index in [-0.39, 0.29) is 16.6 Å². The second kappa shape index (κ2) is 7.42. The van der Waals surface area contributed by atoms with Crippen LogP contribution in [0.15, 0.2) is 58.6 Å². The van der Waals surface area contributed by atoms with Crippen LogP contribution in [0.1, 0.15) is 5.56 Å². The summed E-state index contributed by atoms with van der Waals surface area (Å²) in [4.78, 5) is 16.7. The highest BCUT2D eigenvalue weighted by Crippen LogP contribution is 2.26. The molecule has 5 nitrogen and oxygen atoms in total. The number of carbonyl (C=O) groups excluding carboxylic acids is 1. The molecular formula is C15H16N2O3S2. The number of nitrogens with zero attached hydrogens (tertiary/aromatic N) is 1. The van der Waals surface area contributed by atoms with E-state index in [0.29, 0.717) is 11.4 Å². The van der Waals surface area contributed by atoms with Crippen molar-refractivity contribution in [1.82, 2.24) is 10.3 Å². The SMILES string of the molecule is CS(=O)(=O)c1ccccc1SCC(=O)NCc1cccnc1. The standard InChI is InChI=1S/C15H16N2O3S2/c1-22(19,20)14-7-3-2-6-13(14)21-11-15(18)17-10-12-5-4-8-16-9-12/h2-9H,10-11H2,1H3,(H,17,18). The van der Waals surface area contributed by atoms with Crippen LogP contribution in [0.4, 0.5) is 0 Å². The predicted octanol–water partition coefficient (Wildman–Crippen LogP) is 1.89. The zero-order valence-electron chi connectivity index (χ0n) is 12.0. The second-order valence-corrected chi connectivity index (χ2v) is 7.65. The zero-order chi connectivity index (χ0) is 16.0. The minimum atomic E-state index is -3.30. The molecule has 0 bridgehead atoms. The number of rotatable bonds is 6. The van der Waals surface area contributed by atoms with Gasteiger partial charge in [-0.2, -0.15) is 0 Å². The number of aromatic nitrogens is 1. The van der Waals surface area contributed by atoms with E-state index in [2.05, 4.69) is 10.3 Å². The molecule has 0 radical (unpaired) electrons. The van der Waals surface area contributed by atoms with Crippen molar-refractivity contribution in [3.63, 3.8) is 0 Å². The smallest absolute Gasteiger partial charge is 0.230 e. The summed E-state index contributed by atoms with van der Waals surface area (Å²) in [5.41, 5.74) is 0.914. The number of hydrogen-bond donors (Lipinski definition) is 1. The van der Waals surface area contributed by atoms with Gasteiger partial charge in [-0.15, -0.1) is 11.8 Å². The first-order valence-electron chi connectivity index (χ1n) is 6.54. The highest BCUT2D eigenvalue weighted by molar-refractivity contribution is 8.00. The second-order valence-electron chi connectivity index (χ2n) is 4.65. The highest BCUT2D eigenvalue weighted by atomic mass is 32.2. The maximum atomic E-state index is 11.8. The minimum absolute atomic E-state index is 0.155. The largest absolute Gasteiger partial charge is 0.351 e. The van der Waals surface area contributed by atoms with Gasteiger partial charge in [-0.1, -0.05) is 18.2 Å². The number of thioether (sulfide) groups is 1. The molecule has 0 atom stereocenters. The molecule has 1 N–H and O–H groups in total. The number of hydrogen-bond acceptors (Lipinski definition) is 5. The third kappa shape index (κ3) is 4.85. The molecule has 0 saturated heterocycles. The maximum absolute atomic E-state index is 11.8. The first-order chi connectivity index (χ1) is 10.5. The average Bonchev–Trinajstić information content (AvgIpc) is 2.51. The van der Waals surface area contributed by atoms with Crippen molar-refractivity contribution < 1.29 is 13.2 Å². The number of nitrogens with one attached hydrogen (secondary N) is 1. The van der Waals surface area contributed by atoms with Crippen LogP contribution in [0.2, 0.25) is 0 Å². The van der Waals surface area contributed by atoms with Crippen LogP contribution in [0.3, 0.4) is 0 Å². The molecule has 1 aromatic carbocycles. The van der Waals surface area contributed by atoms with Gasteiger partial charge in [0.1, 0.15) is 0 Å². The predicted molar refractivity (Wildman–Crippen MR) is 86.4 cm³/mol. The van der Waals surface area contributed by atoms with Gasteiger partial charge in [-0.3, -0.25) is 9.78 Å². The molecule has 1 amide bonds. The first kappa shape index (κ1) is 16.5. The van der Waals surface area contributed by atoms with Crippen molar-refractivity contribution in [2.24, 2.45) is 0 Å². The Hall–Kier alpha value is -1.86. The highest BCUT2D eigenvalue weighted by Gasteiger charge is 2.13. The topological polar surface area (TPSA) is 76.1 Å². The van der Waals surface area contributed by atoms with E-state index in [9.17, 15) is 13.2 Å². The summed E-state index contributed by atoms with van der Waals surface area (Å²) in [5.74, 6) is 0.00411. The van der Waals surface area contributed by atoms with E-state index < -0.39 is 9.84 Å². The molecule has 22 heavy (non-hydrogen) atoms. The van der Waals surface area contributed by atoms with Crippen molar-refractivity contribution in [1.29, 1.82) is 0 Å². The number of amides is 1. The molecular weight excluding hydrogens is 320 g/mol. The fourth-order valence-corrected chi connectivity index (χ4v) is 3.94. The zero-order valence-corrected chi connectivity index (χ0v) is 13.7. The molecule has 0 saturated carbocycles. The molecule has 2 aromatic rings. The van der Waals surface area contributed by atoms with Crippen molar-refractivity contribution in [2.75, 3.05) is 12.0 Å². The van der Waals surface area contributed by atoms with Gasteiger partial charge in [0.25, 0.3) is 0 Å². The molecule has 0 aliphatic rings. The van der Waals surface area contributed by atoms with E-state index in [1.807, 2.05) is 6.07 Å². The third-order valence-corrected chi connectivity index (χ3v) is 5.18. The van der Waals surface area contributed by atoms with E-state index in [1.165, 1.54) is 11.8 Å². The normalized spacial score (nSPS) is 11.1. The van der Waals surface area contributed by atoms with Crippen LogP contribution in [-0.2, 0) is 21.2 Å². The molecule has 0 aliphatic heterocycles. The quantitative estimate of drug-likeness (QED) is 0.815. The van der Waals surface area contributed by atoms with Gasteiger partial charge in [-0.25, -0.2) is 8.42 Å². The summed E-state index contributed by atoms with van der Waals surface area (Å²) < 4.78 is 23.4. The Labute approximate surface area is 134 Å². The summed E-state index contributed by atoms with van der Waals surface area (Å²) in [6.07, 6.45) is 4.52. The molecule has 116 valence electrons. The van der Waals surface area contributed by atoms with Crippen LogP contribution in [0.25, 0.3) is 0 Å². The van der Waals surface area contributed by atoms with Gasteiger partial charge in [0.15, 0.2) is 9.84 Å². The van der Waals surface area contributed by atoms with E-state index >= 15 is 0 Å². The van der Waals surface area contributed by atoms with E-state index in [1.54, 1.807) is 42.7 Å². The molecule has 0 spiro atoms. The van der Waals surface area contributed by atoms with Crippen molar-refractivity contribution in [3.8, 4) is 0 Å². The number of pyridine rings is 1. The van der Waals surface area contributed by atoms with Crippen LogP contribution >= 0.6 is 11.8 Å². The van der Waals surface area contributed by atoms with Crippen molar-refractivity contribution in [3.05, 3.63) is 54.4 Å². The Morgan fingerprint density at radius 3 is 2.68 bits per heavy atom. The Balaban J connectivity index is 1.92. The lowest BCUT2D eigenvalue weighted by atomic mass is 10.3. The third-order valence-electron chi connectivity index (χ3n) is 2.82. The molecule has 0 fully saturated rings. The summed E-state index contributed by atoms with van der Waals surface area (Å²) in [7, 11) is -3.30. The Bertz CT molecular complexity index is 746. The lowest BCUT2D eigenvalue weighted by Crippen LogP contribution is -2.24. The Morgan fingerprint density at radius 1 is 1.23 bits per heavy atom.